The predicted octanol–water partition coefficient (Wildman–Crippen LogP) is 3.46. The predicted molar refractivity (Wildman–Crippen MR) is 125 cm³/mol. The van der Waals surface area contributed by atoms with Crippen molar-refractivity contribution in [3.05, 3.63) is 56.3 Å². The van der Waals surface area contributed by atoms with Crippen LogP contribution in [0.4, 0.5) is 5.00 Å². The van der Waals surface area contributed by atoms with E-state index in [0.717, 1.165) is 10.4 Å². The zero-order valence-electron chi connectivity index (χ0n) is 18.9. The first kappa shape index (κ1) is 24.1. The van der Waals surface area contributed by atoms with Crippen LogP contribution in [0.3, 0.4) is 0 Å². The van der Waals surface area contributed by atoms with Crippen molar-refractivity contribution in [3.63, 3.8) is 0 Å². The molecule has 0 aliphatic heterocycles. The maximum Gasteiger partial charge on any atom is 0.359 e. The smallest absolute Gasteiger partial charge is 0.359 e. The SMILES string of the molecule is CCCn1nc(C(=O)OCC(=O)Nc2sc(C)c(C)c2C(=O)OCC)c2ccccc2c1=O. The number of carbonyl (C=O) groups is 3. The van der Waals surface area contributed by atoms with Gasteiger partial charge in [-0.25, -0.2) is 14.3 Å². The second-order valence-corrected chi connectivity index (χ2v) is 8.48. The molecule has 0 bridgehead atoms. The van der Waals surface area contributed by atoms with Gasteiger partial charge in [0.1, 0.15) is 5.00 Å². The average Bonchev–Trinajstić information content (AvgIpc) is 3.07. The van der Waals surface area contributed by atoms with Crippen molar-refractivity contribution in [2.45, 2.75) is 40.7 Å². The van der Waals surface area contributed by atoms with Gasteiger partial charge in [-0.2, -0.15) is 5.10 Å². The summed E-state index contributed by atoms with van der Waals surface area (Å²) in [4.78, 5) is 50.9. The van der Waals surface area contributed by atoms with E-state index in [2.05, 4.69) is 10.4 Å². The molecule has 2 aromatic heterocycles. The Bertz CT molecular complexity index is 1280. The number of thiophene rings is 1. The summed E-state index contributed by atoms with van der Waals surface area (Å²) in [6.45, 7) is 7.17. The number of carbonyl (C=O) groups excluding carboxylic acids is 3. The van der Waals surface area contributed by atoms with Crippen molar-refractivity contribution in [1.82, 2.24) is 9.78 Å². The number of hydrogen-bond donors (Lipinski definition) is 1. The van der Waals surface area contributed by atoms with Gasteiger partial charge in [0.2, 0.25) is 0 Å². The second-order valence-electron chi connectivity index (χ2n) is 7.25. The van der Waals surface area contributed by atoms with Gasteiger partial charge in [0.15, 0.2) is 12.3 Å². The highest BCUT2D eigenvalue weighted by Crippen LogP contribution is 2.33. The summed E-state index contributed by atoms with van der Waals surface area (Å²) in [6, 6.07) is 6.62. The number of fused-ring (bicyclic) bond motifs is 1. The van der Waals surface area contributed by atoms with Gasteiger partial charge in [0.25, 0.3) is 11.5 Å². The van der Waals surface area contributed by atoms with Crippen molar-refractivity contribution in [2.75, 3.05) is 18.5 Å². The molecule has 1 amide bonds. The molecule has 0 aliphatic carbocycles. The number of anilines is 1. The number of hydrogen-bond acceptors (Lipinski definition) is 8. The van der Waals surface area contributed by atoms with Crippen molar-refractivity contribution in [1.29, 1.82) is 0 Å². The number of ether oxygens (including phenoxy) is 2. The fourth-order valence-corrected chi connectivity index (χ4v) is 4.34. The number of aromatic nitrogens is 2. The van der Waals surface area contributed by atoms with Gasteiger partial charge in [0.05, 0.1) is 17.6 Å². The first-order valence-electron chi connectivity index (χ1n) is 10.5. The molecule has 0 aliphatic rings. The lowest BCUT2D eigenvalue weighted by Gasteiger charge is -2.11. The molecule has 0 spiro atoms. The number of rotatable bonds is 8. The minimum Gasteiger partial charge on any atom is -0.462 e. The number of amides is 1. The first-order chi connectivity index (χ1) is 15.8. The van der Waals surface area contributed by atoms with E-state index in [1.807, 2.05) is 13.8 Å². The first-order valence-corrected chi connectivity index (χ1v) is 11.3. The normalized spacial score (nSPS) is 10.8. The summed E-state index contributed by atoms with van der Waals surface area (Å²) in [7, 11) is 0. The van der Waals surface area contributed by atoms with Crippen LogP contribution in [0, 0.1) is 13.8 Å². The van der Waals surface area contributed by atoms with Gasteiger partial charge < -0.3 is 14.8 Å². The third-order valence-electron chi connectivity index (χ3n) is 4.95. The molecule has 3 aromatic rings. The van der Waals surface area contributed by atoms with E-state index in [-0.39, 0.29) is 17.9 Å². The summed E-state index contributed by atoms with van der Waals surface area (Å²) in [6.07, 6.45) is 0.657. The van der Waals surface area contributed by atoms with Crippen molar-refractivity contribution in [3.8, 4) is 0 Å². The topological polar surface area (TPSA) is 117 Å². The van der Waals surface area contributed by atoms with Crippen molar-refractivity contribution in [2.24, 2.45) is 0 Å². The van der Waals surface area contributed by atoms with E-state index in [1.165, 1.54) is 16.0 Å². The highest BCUT2D eigenvalue weighted by atomic mass is 32.1. The Morgan fingerprint density at radius 3 is 2.42 bits per heavy atom. The zero-order valence-corrected chi connectivity index (χ0v) is 19.7. The average molecular weight is 472 g/mol. The summed E-state index contributed by atoms with van der Waals surface area (Å²) >= 11 is 1.24. The molecular weight excluding hydrogens is 446 g/mol. The van der Waals surface area contributed by atoms with Gasteiger partial charge in [0, 0.05) is 16.8 Å². The highest BCUT2D eigenvalue weighted by Gasteiger charge is 2.23. The summed E-state index contributed by atoms with van der Waals surface area (Å²) < 4.78 is 11.5. The number of nitrogens with zero attached hydrogens (tertiary/aromatic N) is 2. The molecule has 0 unspecified atom stereocenters. The Kier molecular flexibility index (Phi) is 7.59. The molecule has 1 N–H and O–H groups in total. The molecule has 1 aromatic carbocycles. The van der Waals surface area contributed by atoms with E-state index < -0.39 is 24.5 Å². The Morgan fingerprint density at radius 1 is 1.06 bits per heavy atom. The summed E-state index contributed by atoms with van der Waals surface area (Å²) in [5.74, 6) is -1.96. The lowest BCUT2D eigenvalue weighted by atomic mass is 10.1. The van der Waals surface area contributed by atoms with E-state index in [0.29, 0.717) is 34.3 Å². The van der Waals surface area contributed by atoms with Crippen molar-refractivity contribution >= 4 is 45.0 Å². The number of nitrogens with one attached hydrogen (secondary N) is 1. The van der Waals surface area contributed by atoms with Crippen LogP contribution in [0.15, 0.2) is 29.1 Å². The van der Waals surface area contributed by atoms with E-state index in [4.69, 9.17) is 9.47 Å². The zero-order chi connectivity index (χ0) is 24.1. The standard InChI is InChI=1S/C23H25N3O6S/c1-5-11-26-21(28)16-10-8-7-9-15(16)19(25-26)23(30)32-12-17(27)24-20-18(22(29)31-6-2)13(3)14(4)33-20/h7-10H,5-6,11-12H2,1-4H3,(H,24,27). The Balaban J connectivity index is 1.79. The molecule has 10 heteroatoms. The van der Waals surface area contributed by atoms with Gasteiger partial charge in [-0.1, -0.05) is 25.1 Å². The van der Waals surface area contributed by atoms with Crippen LogP contribution in [-0.2, 0) is 20.8 Å². The second kappa shape index (κ2) is 10.4. The van der Waals surface area contributed by atoms with Gasteiger partial charge in [-0.15, -0.1) is 11.3 Å². The molecule has 0 atom stereocenters. The summed E-state index contributed by atoms with van der Waals surface area (Å²) in [5.41, 5.74) is 0.677. The largest absolute Gasteiger partial charge is 0.462 e. The lowest BCUT2D eigenvalue weighted by Crippen LogP contribution is -2.27. The number of aryl methyl sites for hydroxylation is 2. The fourth-order valence-electron chi connectivity index (χ4n) is 3.28. The molecule has 174 valence electrons. The minimum atomic E-state index is -0.824. The Labute approximate surface area is 194 Å². The Morgan fingerprint density at radius 2 is 1.76 bits per heavy atom. The van der Waals surface area contributed by atoms with Crippen LogP contribution in [0.1, 0.15) is 51.6 Å². The van der Waals surface area contributed by atoms with Crippen LogP contribution < -0.4 is 10.9 Å². The van der Waals surface area contributed by atoms with E-state index >= 15 is 0 Å². The minimum absolute atomic E-state index is 0.0403. The quantitative estimate of drug-likeness (QED) is 0.500. The molecule has 2 heterocycles. The molecule has 9 nitrogen and oxygen atoms in total. The van der Waals surface area contributed by atoms with Crippen LogP contribution in [0.5, 0.6) is 0 Å². The fraction of sp³-hybridized carbons (Fsp3) is 0.348. The van der Waals surface area contributed by atoms with Gasteiger partial charge >= 0.3 is 11.9 Å². The molecule has 0 fully saturated rings. The molecule has 0 saturated carbocycles. The van der Waals surface area contributed by atoms with E-state index in [1.54, 1.807) is 38.1 Å². The summed E-state index contributed by atoms with van der Waals surface area (Å²) in [5, 5.41) is 7.83. The van der Waals surface area contributed by atoms with Crippen LogP contribution in [-0.4, -0.2) is 40.8 Å². The van der Waals surface area contributed by atoms with Crippen molar-refractivity contribution < 1.29 is 23.9 Å². The molecule has 3 rings (SSSR count). The monoisotopic (exact) mass is 471 g/mol. The lowest BCUT2D eigenvalue weighted by molar-refractivity contribution is -0.119. The number of esters is 2. The third kappa shape index (κ3) is 5.11. The number of benzene rings is 1. The molecule has 0 radical (unpaired) electrons. The van der Waals surface area contributed by atoms with Gasteiger partial charge in [-0.05, 0) is 38.8 Å². The van der Waals surface area contributed by atoms with Crippen LogP contribution in [0.25, 0.3) is 10.8 Å². The van der Waals surface area contributed by atoms with Crippen LogP contribution in [0.2, 0.25) is 0 Å². The molecule has 33 heavy (non-hydrogen) atoms. The maximum absolute atomic E-state index is 12.8. The van der Waals surface area contributed by atoms with Crippen LogP contribution >= 0.6 is 11.3 Å². The Hall–Kier alpha value is -3.53. The third-order valence-corrected chi connectivity index (χ3v) is 6.07. The molecular formula is C23H25N3O6S. The highest BCUT2D eigenvalue weighted by molar-refractivity contribution is 7.16. The van der Waals surface area contributed by atoms with E-state index in [9.17, 15) is 19.2 Å². The van der Waals surface area contributed by atoms with Gasteiger partial charge in [-0.3, -0.25) is 9.59 Å². The molecule has 0 saturated heterocycles. The maximum atomic E-state index is 12.8.